The first kappa shape index (κ1) is 30.0. The molecule has 0 radical (unpaired) electrons. The standard InChI is InChI=1S/C31H38F2N6O5/c1-31(2,3)44-30(42)36-10-6-25-24(17-36)29(35-39(25)21-7-11-43-12-8-21)38-9-4-5-19-13-22(23(28(32)33)14-26(19)38)20-15-34-37(16-20)18-27(40)41/h13-16,21,28H,4-12,17-18H2,1-3H3,(H,40,41). The number of carbonyl (C=O) groups excluding carboxylic acids is 1. The van der Waals surface area contributed by atoms with E-state index in [4.69, 9.17) is 19.7 Å². The van der Waals surface area contributed by atoms with E-state index < -0.39 is 18.0 Å². The molecule has 0 aliphatic carbocycles. The molecule has 0 unspecified atom stereocenters. The average Bonchev–Trinajstić information content (AvgIpc) is 3.60. The van der Waals surface area contributed by atoms with Gasteiger partial charge in [0.15, 0.2) is 5.82 Å². The number of carbonyl (C=O) groups is 2. The number of aromatic nitrogens is 4. The van der Waals surface area contributed by atoms with Crippen LogP contribution < -0.4 is 4.90 Å². The summed E-state index contributed by atoms with van der Waals surface area (Å²) in [7, 11) is 0. The molecule has 3 aliphatic rings. The van der Waals surface area contributed by atoms with Gasteiger partial charge in [-0.15, -0.1) is 0 Å². The number of benzene rings is 1. The minimum Gasteiger partial charge on any atom is -0.480 e. The summed E-state index contributed by atoms with van der Waals surface area (Å²) in [6.45, 7) is 7.86. The van der Waals surface area contributed by atoms with Crippen LogP contribution in [-0.4, -0.2) is 73.5 Å². The number of alkyl halides is 2. The molecular weight excluding hydrogens is 574 g/mol. The van der Waals surface area contributed by atoms with Crippen LogP contribution in [0.1, 0.15) is 74.9 Å². The summed E-state index contributed by atoms with van der Waals surface area (Å²) in [5, 5.41) is 18.3. The van der Waals surface area contributed by atoms with E-state index in [0.717, 1.165) is 36.1 Å². The van der Waals surface area contributed by atoms with Gasteiger partial charge >= 0.3 is 12.1 Å². The third-order valence-corrected chi connectivity index (χ3v) is 8.35. The number of halogens is 2. The van der Waals surface area contributed by atoms with Gasteiger partial charge in [0.2, 0.25) is 0 Å². The quantitative estimate of drug-likeness (QED) is 0.388. The Morgan fingerprint density at radius 3 is 2.64 bits per heavy atom. The van der Waals surface area contributed by atoms with E-state index in [9.17, 15) is 18.4 Å². The molecule has 236 valence electrons. The summed E-state index contributed by atoms with van der Waals surface area (Å²) in [6.07, 6.45) is 3.50. The molecule has 3 aromatic rings. The summed E-state index contributed by atoms with van der Waals surface area (Å²) in [4.78, 5) is 28.0. The predicted molar refractivity (Wildman–Crippen MR) is 157 cm³/mol. The minimum atomic E-state index is -2.77. The number of aryl methyl sites for hydroxylation is 1. The zero-order chi connectivity index (χ0) is 31.2. The zero-order valence-electron chi connectivity index (χ0n) is 25.3. The van der Waals surface area contributed by atoms with Gasteiger partial charge in [-0.25, -0.2) is 13.6 Å². The van der Waals surface area contributed by atoms with Crippen LogP contribution in [0.25, 0.3) is 11.1 Å². The number of carboxylic acid groups (broad SMARTS) is 1. The van der Waals surface area contributed by atoms with Crippen molar-refractivity contribution in [1.29, 1.82) is 0 Å². The maximum absolute atomic E-state index is 14.6. The number of rotatable bonds is 6. The Hall–Kier alpha value is -4.00. The number of aliphatic carboxylic acids is 1. The molecule has 13 heteroatoms. The topological polar surface area (TPSA) is 115 Å². The highest BCUT2D eigenvalue weighted by atomic mass is 19.3. The molecule has 2 aromatic heterocycles. The van der Waals surface area contributed by atoms with Gasteiger partial charge < -0.3 is 24.4 Å². The smallest absolute Gasteiger partial charge is 0.410 e. The Labute approximate surface area is 254 Å². The van der Waals surface area contributed by atoms with Crippen LogP contribution in [-0.2, 0) is 40.2 Å². The fraction of sp³-hybridized carbons (Fsp3) is 0.548. The van der Waals surface area contributed by atoms with Crippen LogP contribution >= 0.6 is 0 Å². The van der Waals surface area contributed by atoms with Gasteiger partial charge in [0.1, 0.15) is 12.1 Å². The fourth-order valence-corrected chi connectivity index (χ4v) is 6.39. The number of ether oxygens (including phenoxy) is 2. The molecule has 1 amide bonds. The van der Waals surface area contributed by atoms with Crippen molar-refractivity contribution in [2.24, 2.45) is 0 Å². The maximum atomic E-state index is 14.6. The second-order valence-corrected chi connectivity index (χ2v) is 12.6. The molecule has 0 spiro atoms. The van der Waals surface area contributed by atoms with Crippen LogP contribution in [0.4, 0.5) is 25.1 Å². The Morgan fingerprint density at radius 2 is 1.93 bits per heavy atom. The van der Waals surface area contributed by atoms with Gasteiger partial charge in [-0.1, -0.05) is 0 Å². The molecule has 0 bridgehead atoms. The number of hydrogen-bond donors (Lipinski definition) is 1. The van der Waals surface area contributed by atoms with Crippen LogP contribution in [0.15, 0.2) is 24.5 Å². The lowest BCUT2D eigenvalue weighted by Gasteiger charge is -2.34. The summed E-state index contributed by atoms with van der Waals surface area (Å²) >= 11 is 0. The first-order valence-corrected chi connectivity index (χ1v) is 15.1. The van der Waals surface area contributed by atoms with Crippen LogP contribution in [0.3, 0.4) is 0 Å². The number of amides is 1. The van der Waals surface area contributed by atoms with Gasteiger partial charge in [-0.2, -0.15) is 10.2 Å². The third-order valence-electron chi connectivity index (χ3n) is 8.35. The molecule has 3 aliphatic heterocycles. The first-order valence-electron chi connectivity index (χ1n) is 15.1. The van der Waals surface area contributed by atoms with Crippen molar-refractivity contribution >= 4 is 23.6 Å². The molecule has 11 nitrogen and oxygen atoms in total. The lowest BCUT2D eigenvalue weighted by molar-refractivity contribution is -0.137. The van der Waals surface area contributed by atoms with Crippen LogP contribution in [0.5, 0.6) is 0 Å². The van der Waals surface area contributed by atoms with E-state index in [-0.39, 0.29) is 24.2 Å². The second kappa shape index (κ2) is 11.8. The van der Waals surface area contributed by atoms with E-state index in [1.54, 1.807) is 11.0 Å². The third kappa shape index (κ3) is 6.01. The largest absolute Gasteiger partial charge is 0.480 e. The zero-order valence-corrected chi connectivity index (χ0v) is 25.3. The molecule has 6 rings (SSSR count). The number of nitrogens with zero attached hydrogens (tertiary/aromatic N) is 6. The number of carboxylic acids is 1. The number of anilines is 2. The molecule has 1 fully saturated rings. The van der Waals surface area contributed by atoms with Gasteiger partial charge in [0.05, 0.1) is 18.8 Å². The lowest BCUT2D eigenvalue weighted by Crippen LogP contribution is -2.40. The van der Waals surface area contributed by atoms with Crippen molar-refractivity contribution in [1.82, 2.24) is 24.5 Å². The minimum absolute atomic E-state index is 0.154. The van der Waals surface area contributed by atoms with E-state index in [0.29, 0.717) is 68.3 Å². The van der Waals surface area contributed by atoms with Crippen LogP contribution in [0.2, 0.25) is 0 Å². The van der Waals surface area contributed by atoms with E-state index in [1.807, 2.05) is 25.7 Å². The SMILES string of the molecule is CC(C)(C)OC(=O)N1CCc2c(c(N3CCCc4cc(-c5cnn(CC(=O)O)c5)c(C(F)F)cc43)nn2C2CCOCC2)C1. The Morgan fingerprint density at radius 1 is 1.16 bits per heavy atom. The second-order valence-electron chi connectivity index (χ2n) is 12.6. The van der Waals surface area contributed by atoms with Crippen molar-refractivity contribution < 1.29 is 33.0 Å². The normalized spacial score (nSPS) is 17.5. The van der Waals surface area contributed by atoms with Crippen molar-refractivity contribution in [3.8, 4) is 11.1 Å². The molecule has 0 atom stereocenters. The molecule has 1 aromatic carbocycles. The van der Waals surface area contributed by atoms with Gasteiger partial charge in [-0.05, 0) is 69.7 Å². The Balaban J connectivity index is 1.41. The fourth-order valence-electron chi connectivity index (χ4n) is 6.39. The van der Waals surface area contributed by atoms with Crippen molar-refractivity contribution in [2.75, 3.05) is 31.2 Å². The molecular formula is C31H38F2N6O5. The van der Waals surface area contributed by atoms with E-state index in [2.05, 4.69) is 9.78 Å². The summed E-state index contributed by atoms with van der Waals surface area (Å²) in [5.41, 5.74) is 3.54. The highest BCUT2D eigenvalue weighted by molar-refractivity contribution is 5.77. The van der Waals surface area contributed by atoms with Crippen molar-refractivity contribution in [3.05, 3.63) is 46.9 Å². The molecule has 1 N–H and O–H groups in total. The highest BCUT2D eigenvalue weighted by Gasteiger charge is 2.36. The molecule has 0 saturated carbocycles. The summed E-state index contributed by atoms with van der Waals surface area (Å²) in [6, 6.07) is 3.47. The Bertz CT molecular complexity index is 1560. The number of fused-ring (bicyclic) bond motifs is 2. The molecule has 44 heavy (non-hydrogen) atoms. The number of hydrogen-bond acceptors (Lipinski definition) is 7. The highest BCUT2D eigenvalue weighted by Crippen LogP contribution is 2.43. The van der Waals surface area contributed by atoms with Crippen molar-refractivity contribution in [2.45, 2.75) is 84.0 Å². The monoisotopic (exact) mass is 612 g/mol. The van der Waals surface area contributed by atoms with Crippen LogP contribution in [0, 0.1) is 0 Å². The van der Waals surface area contributed by atoms with Gasteiger partial charge in [0, 0.05) is 67.0 Å². The summed E-state index contributed by atoms with van der Waals surface area (Å²) in [5.74, 6) is -0.383. The van der Waals surface area contributed by atoms with E-state index >= 15 is 0 Å². The predicted octanol–water partition coefficient (Wildman–Crippen LogP) is 5.50. The lowest BCUT2D eigenvalue weighted by atomic mass is 9.92. The molecule has 1 saturated heterocycles. The van der Waals surface area contributed by atoms with Gasteiger partial charge in [0.25, 0.3) is 6.43 Å². The Kier molecular flexibility index (Phi) is 8.08. The van der Waals surface area contributed by atoms with E-state index in [1.165, 1.54) is 23.1 Å². The van der Waals surface area contributed by atoms with Crippen molar-refractivity contribution in [3.63, 3.8) is 0 Å². The first-order chi connectivity index (χ1) is 21.0. The average molecular weight is 613 g/mol. The van der Waals surface area contributed by atoms with Gasteiger partial charge in [-0.3, -0.25) is 14.2 Å². The maximum Gasteiger partial charge on any atom is 0.410 e. The summed E-state index contributed by atoms with van der Waals surface area (Å²) < 4.78 is 43.8. The molecule has 5 heterocycles.